The maximum absolute atomic E-state index is 12.7. The van der Waals surface area contributed by atoms with Crippen LogP contribution in [0.2, 0.25) is 0 Å². The highest BCUT2D eigenvalue weighted by molar-refractivity contribution is 8.00. The van der Waals surface area contributed by atoms with Gasteiger partial charge in [-0.15, -0.1) is 11.8 Å². The average Bonchev–Trinajstić information content (AvgIpc) is 2.36. The van der Waals surface area contributed by atoms with Crippen LogP contribution in [0.3, 0.4) is 0 Å². The number of ether oxygens (including phenoxy) is 1. The molecule has 118 valence electrons. The Bertz CT molecular complexity index is 316. The van der Waals surface area contributed by atoms with E-state index in [4.69, 9.17) is 10.00 Å². The van der Waals surface area contributed by atoms with Crippen LogP contribution >= 0.6 is 11.8 Å². The molecule has 0 saturated carbocycles. The first-order chi connectivity index (χ1) is 9.17. The molecule has 8 heteroatoms. The maximum atomic E-state index is 12.7. The van der Waals surface area contributed by atoms with Crippen molar-refractivity contribution in [2.45, 2.75) is 56.6 Å². The second-order valence-corrected chi connectivity index (χ2v) is 5.41. The van der Waals surface area contributed by atoms with Gasteiger partial charge in [-0.05, 0) is 19.8 Å². The fourth-order valence-electron chi connectivity index (χ4n) is 1.38. The largest absolute Gasteiger partial charge is 0.453 e. The normalized spacial score (nSPS) is 15.7. The molecule has 0 aliphatic carbocycles. The number of rotatable bonds is 9. The van der Waals surface area contributed by atoms with Crippen molar-refractivity contribution < 1.29 is 26.7 Å². The van der Waals surface area contributed by atoms with Crippen molar-refractivity contribution >= 4 is 11.8 Å². The Morgan fingerprint density at radius 1 is 1.20 bits per heavy atom. The Hall–Kier alpha value is -0.550. The number of nitriles is 1. The van der Waals surface area contributed by atoms with Crippen LogP contribution in [0.1, 0.15) is 33.1 Å². The molecule has 0 aliphatic heterocycles. The van der Waals surface area contributed by atoms with E-state index in [1.807, 2.05) is 6.92 Å². The van der Waals surface area contributed by atoms with Gasteiger partial charge in [0.15, 0.2) is 0 Å². The standard InChI is InChI=1S/C12H18F5NOS/c1-3-9(19-4-2)8-20-10(7-18)5-6-11(13,14)12(15,16)17/h9-10H,3-6,8H2,1-2H3. The predicted octanol–water partition coefficient (Wildman–Crippen LogP) is 4.40. The van der Waals surface area contributed by atoms with Crippen LogP contribution in [0.25, 0.3) is 0 Å². The van der Waals surface area contributed by atoms with E-state index < -0.39 is 30.2 Å². The number of nitrogens with zero attached hydrogens (tertiary/aromatic N) is 1. The second-order valence-electron chi connectivity index (χ2n) is 4.18. The summed E-state index contributed by atoms with van der Waals surface area (Å²) in [7, 11) is 0. The molecule has 0 fully saturated rings. The molecule has 0 rings (SSSR count). The number of hydrogen-bond acceptors (Lipinski definition) is 3. The summed E-state index contributed by atoms with van der Waals surface area (Å²) in [5.74, 6) is -4.34. The molecule has 0 aromatic rings. The van der Waals surface area contributed by atoms with Crippen molar-refractivity contribution in [2.24, 2.45) is 0 Å². The molecule has 0 bridgehead atoms. The van der Waals surface area contributed by atoms with Crippen molar-refractivity contribution in [3.05, 3.63) is 0 Å². The molecule has 0 spiro atoms. The van der Waals surface area contributed by atoms with E-state index in [0.29, 0.717) is 18.8 Å². The van der Waals surface area contributed by atoms with Crippen LogP contribution in [-0.4, -0.2) is 35.8 Å². The van der Waals surface area contributed by atoms with Crippen LogP contribution in [0.15, 0.2) is 0 Å². The van der Waals surface area contributed by atoms with Gasteiger partial charge in [0.1, 0.15) is 0 Å². The zero-order valence-electron chi connectivity index (χ0n) is 11.3. The first-order valence-electron chi connectivity index (χ1n) is 6.25. The third-order valence-corrected chi connectivity index (χ3v) is 3.93. The average molecular weight is 319 g/mol. The summed E-state index contributed by atoms with van der Waals surface area (Å²) in [5, 5.41) is 7.91. The topological polar surface area (TPSA) is 33.0 Å². The summed E-state index contributed by atoms with van der Waals surface area (Å²) in [6, 6.07) is 1.75. The Morgan fingerprint density at radius 2 is 1.80 bits per heavy atom. The van der Waals surface area contributed by atoms with Gasteiger partial charge in [0.05, 0.1) is 17.4 Å². The first-order valence-corrected chi connectivity index (χ1v) is 7.30. The Labute approximate surface area is 119 Å². The fourth-order valence-corrected chi connectivity index (χ4v) is 2.52. The molecular weight excluding hydrogens is 301 g/mol. The molecule has 0 aromatic heterocycles. The van der Waals surface area contributed by atoms with Crippen molar-refractivity contribution in [2.75, 3.05) is 12.4 Å². The molecule has 0 aliphatic rings. The molecule has 2 nitrogen and oxygen atoms in total. The van der Waals surface area contributed by atoms with E-state index in [2.05, 4.69) is 0 Å². The van der Waals surface area contributed by atoms with E-state index >= 15 is 0 Å². The third kappa shape index (κ3) is 6.75. The minimum Gasteiger partial charge on any atom is -0.378 e. The SMILES string of the molecule is CCOC(CC)CSC(C#N)CCC(F)(F)C(F)(F)F. The molecule has 0 saturated heterocycles. The van der Waals surface area contributed by atoms with E-state index in [0.717, 1.165) is 11.8 Å². The lowest BCUT2D eigenvalue weighted by Gasteiger charge is -2.21. The summed E-state index contributed by atoms with van der Waals surface area (Å²) in [6.45, 7) is 4.17. The monoisotopic (exact) mass is 319 g/mol. The molecule has 20 heavy (non-hydrogen) atoms. The zero-order valence-corrected chi connectivity index (χ0v) is 12.2. The minimum absolute atomic E-state index is 0.121. The van der Waals surface area contributed by atoms with Gasteiger partial charge in [-0.3, -0.25) is 0 Å². The highest BCUT2D eigenvalue weighted by Gasteiger charge is 2.56. The first kappa shape index (κ1) is 19.4. The Morgan fingerprint density at radius 3 is 2.20 bits per heavy atom. The molecule has 0 radical (unpaired) electrons. The molecule has 0 heterocycles. The van der Waals surface area contributed by atoms with Gasteiger partial charge in [-0.1, -0.05) is 6.92 Å². The summed E-state index contributed by atoms with van der Waals surface area (Å²) in [6.07, 6.45) is -6.86. The molecule has 2 unspecified atom stereocenters. The minimum atomic E-state index is -5.56. The Balaban J connectivity index is 4.27. The van der Waals surface area contributed by atoms with E-state index in [-0.39, 0.29) is 6.10 Å². The number of thioether (sulfide) groups is 1. The Kier molecular flexibility index (Phi) is 8.44. The quantitative estimate of drug-likeness (QED) is 0.590. The summed E-state index contributed by atoms with van der Waals surface area (Å²) in [5.41, 5.74) is 0. The highest BCUT2D eigenvalue weighted by Crippen LogP contribution is 2.39. The molecule has 0 amide bonds. The van der Waals surface area contributed by atoms with Crippen molar-refractivity contribution in [3.8, 4) is 6.07 Å². The molecule has 0 aromatic carbocycles. The number of hydrogen-bond donors (Lipinski definition) is 0. The van der Waals surface area contributed by atoms with Crippen molar-refractivity contribution in [1.29, 1.82) is 5.26 Å². The van der Waals surface area contributed by atoms with E-state index in [1.54, 1.807) is 13.0 Å². The summed E-state index contributed by atoms with van der Waals surface area (Å²) >= 11 is 1.06. The van der Waals surface area contributed by atoms with Crippen LogP contribution in [0.5, 0.6) is 0 Å². The van der Waals surface area contributed by atoms with Crippen LogP contribution in [0, 0.1) is 11.3 Å². The van der Waals surface area contributed by atoms with Crippen LogP contribution in [0.4, 0.5) is 22.0 Å². The highest BCUT2D eigenvalue weighted by atomic mass is 32.2. The third-order valence-electron chi connectivity index (χ3n) is 2.62. The lowest BCUT2D eigenvalue weighted by Crippen LogP contribution is -2.36. The van der Waals surface area contributed by atoms with Crippen molar-refractivity contribution in [1.82, 2.24) is 0 Å². The van der Waals surface area contributed by atoms with E-state index in [1.165, 1.54) is 0 Å². The smallest absolute Gasteiger partial charge is 0.378 e. The van der Waals surface area contributed by atoms with Gasteiger partial charge in [0.25, 0.3) is 0 Å². The van der Waals surface area contributed by atoms with Gasteiger partial charge in [0, 0.05) is 18.8 Å². The van der Waals surface area contributed by atoms with Gasteiger partial charge in [-0.2, -0.15) is 27.2 Å². The van der Waals surface area contributed by atoms with Gasteiger partial charge in [0.2, 0.25) is 0 Å². The van der Waals surface area contributed by atoms with Gasteiger partial charge >= 0.3 is 12.1 Å². The molecular formula is C12H18F5NOS. The molecule has 2 atom stereocenters. The second kappa shape index (κ2) is 8.67. The van der Waals surface area contributed by atoms with Gasteiger partial charge < -0.3 is 4.74 Å². The molecule has 0 N–H and O–H groups in total. The van der Waals surface area contributed by atoms with Crippen LogP contribution < -0.4 is 0 Å². The van der Waals surface area contributed by atoms with Crippen LogP contribution in [-0.2, 0) is 4.74 Å². The predicted molar refractivity (Wildman–Crippen MR) is 67.8 cm³/mol. The summed E-state index contributed by atoms with van der Waals surface area (Å²) < 4.78 is 66.8. The van der Waals surface area contributed by atoms with E-state index in [9.17, 15) is 22.0 Å². The lowest BCUT2D eigenvalue weighted by atomic mass is 10.1. The lowest BCUT2D eigenvalue weighted by molar-refractivity contribution is -0.284. The fraction of sp³-hybridized carbons (Fsp3) is 0.917. The van der Waals surface area contributed by atoms with Crippen molar-refractivity contribution in [3.63, 3.8) is 0 Å². The zero-order chi connectivity index (χ0) is 15.8. The number of alkyl halides is 5. The summed E-state index contributed by atoms with van der Waals surface area (Å²) in [4.78, 5) is 0. The maximum Gasteiger partial charge on any atom is 0.453 e. The van der Waals surface area contributed by atoms with Gasteiger partial charge in [-0.25, -0.2) is 0 Å². The number of halogens is 5.